The van der Waals surface area contributed by atoms with E-state index in [4.69, 9.17) is 0 Å². The van der Waals surface area contributed by atoms with Crippen molar-refractivity contribution >= 4 is 17.2 Å². The number of hydrogen-bond acceptors (Lipinski definition) is 1. The lowest BCUT2D eigenvalue weighted by Crippen LogP contribution is -2.25. The van der Waals surface area contributed by atoms with Gasteiger partial charge in [0.1, 0.15) is 0 Å². The van der Waals surface area contributed by atoms with E-state index in [-0.39, 0.29) is 5.41 Å². The van der Waals surface area contributed by atoms with Crippen molar-refractivity contribution in [2.24, 2.45) is 0 Å². The van der Waals surface area contributed by atoms with Crippen LogP contribution in [0.15, 0.2) is 24.4 Å². The Morgan fingerprint density at radius 2 is 2.19 bits per heavy atom. The summed E-state index contributed by atoms with van der Waals surface area (Å²) >= 11 is 0. The maximum absolute atomic E-state index is 11.0. The number of carbonyl (C=O) groups is 1. The second-order valence-corrected chi connectivity index (χ2v) is 5.23. The molecule has 0 unspecified atom stereocenters. The Labute approximate surface area is 94.9 Å². The standard InChI is InChI=1S/C14H15NO/c1-14(2)6-7-15-8-10(9-16)11-4-3-5-12(14)13(11)15/h3-5,8-9H,6-7H2,1-2H3. The molecule has 82 valence electrons. The molecule has 1 aliphatic rings. The monoisotopic (exact) mass is 213 g/mol. The maximum Gasteiger partial charge on any atom is 0.152 e. The molecule has 0 amide bonds. The lowest BCUT2D eigenvalue weighted by molar-refractivity contribution is 0.112. The SMILES string of the molecule is CC1(C)CCn2cc(C=O)c3cccc1c32. The van der Waals surface area contributed by atoms with Gasteiger partial charge in [-0.25, -0.2) is 0 Å². The van der Waals surface area contributed by atoms with Crippen molar-refractivity contribution in [3.63, 3.8) is 0 Å². The highest BCUT2D eigenvalue weighted by Gasteiger charge is 2.29. The molecular formula is C14H15NO. The van der Waals surface area contributed by atoms with Crippen LogP contribution in [-0.2, 0) is 12.0 Å². The molecule has 2 heteroatoms. The van der Waals surface area contributed by atoms with Gasteiger partial charge in [0.15, 0.2) is 6.29 Å². The normalized spacial score (nSPS) is 17.6. The van der Waals surface area contributed by atoms with Crippen LogP contribution >= 0.6 is 0 Å². The molecule has 1 aromatic heterocycles. The average molecular weight is 213 g/mol. The second-order valence-electron chi connectivity index (χ2n) is 5.23. The first-order valence-electron chi connectivity index (χ1n) is 5.71. The van der Waals surface area contributed by atoms with E-state index >= 15 is 0 Å². The molecule has 3 rings (SSSR count). The fourth-order valence-electron chi connectivity index (χ4n) is 2.74. The van der Waals surface area contributed by atoms with Crippen molar-refractivity contribution in [3.8, 4) is 0 Å². The molecule has 0 fully saturated rings. The average Bonchev–Trinajstić information content (AvgIpc) is 2.64. The number of aryl methyl sites for hydroxylation is 1. The molecule has 2 heterocycles. The van der Waals surface area contributed by atoms with Gasteiger partial charge in [0, 0.05) is 23.7 Å². The first-order chi connectivity index (χ1) is 7.63. The van der Waals surface area contributed by atoms with Crippen LogP contribution < -0.4 is 0 Å². The second kappa shape index (κ2) is 2.97. The fourth-order valence-corrected chi connectivity index (χ4v) is 2.74. The van der Waals surface area contributed by atoms with Crippen LogP contribution in [0, 0.1) is 0 Å². The Morgan fingerprint density at radius 1 is 1.38 bits per heavy atom. The van der Waals surface area contributed by atoms with Crippen molar-refractivity contribution in [1.82, 2.24) is 4.57 Å². The number of aromatic nitrogens is 1. The van der Waals surface area contributed by atoms with Gasteiger partial charge in [-0.3, -0.25) is 4.79 Å². The molecule has 2 aromatic rings. The van der Waals surface area contributed by atoms with Gasteiger partial charge in [-0.1, -0.05) is 32.0 Å². The third kappa shape index (κ3) is 1.10. The molecule has 16 heavy (non-hydrogen) atoms. The van der Waals surface area contributed by atoms with E-state index in [1.165, 1.54) is 11.1 Å². The predicted molar refractivity (Wildman–Crippen MR) is 65.0 cm³/mol. The first-order valence-corrected chi connectivity index (χ1v) is 5.71. The summed E-state index contributed by atoms with van der Waals surface area (Å²) in [5, 5.41) is 1.10. The quantitative estimate of drug-likeness (QED) is 0.667. The van der Waals surface area contributed by atoms with Crippen LogP contribution in [0.1, 0.15) is 36.2 Å². The molecule has 0 aliphatic carbocycles. The predicted octanol–water partition coefficient (Wildman–Crippen LogP) is 3.14. The Morgan fingerprint density at radius 3 is 2.94 bits per heavy atom. The van der Waals surface area contributed by atoms with Crippen LogP contribution in [0.2, 0.25) is 0 Å². The summed E-state index contributed by atoms with van der Waals surface area (Å²) in [7, 11) is 0. The van der Waals surface area contributed by atoms with E-state index in [1.807, 2.05) is 12.3 Å². The van der Waals surface area contributed by atoms with Gasteiger partial charge in [-0.15, -0.1) is 0 Å². The van der Waals surface area contributed by atoms with E-state index in [0.29, 0.717) is 0 Å². The molecule has 0 N–H and O–H groups in total. The topological polar surface area (TPSA) is 22.0 Å². The minimum absolute atomic E-state index is 0.216. The van der Waals surface area contributed by atoms with Crippen LogP contribution in [-0.4, -0.2) is 10.9 Å². The Hall–Kier alpha value is -1.57. The lowest BCUT2D eigenvalue weighted by Gasteiger charge is -2.31. The zero-order valence-corrected chi connectivity index (χ0v) is 9.66. The van der Waals surface area contributed by atoms with Crippen molar-refractivity contribution < 1.29 is 4.79 Å². The Balaban J connectivity index is 2.46. The van der Waals surface area contributed by atoms with Crippen LogP contribution in [0.5, 0.6) is 0 Å². The Kier molecular flexibility index (Phi) is 1.79. The number of benzene rings is 1. The van der Waals surface area contributed by atoms with Crippen LogP contribution in [0.3, 0.4) is 0 Å². The molecule has 1 aliphatic heterocycles. The van der Waals surface area contributed by atoms with Gasteiger partial charge < -0.3 is 4.57 Å². The minimum Gasteiger partial charge on any atom is -0.346 e. The smallest absolute Gasteiger partial charge is 0.152 e. The molecule has 1 aromatic carbocycles. The highest BCUT2D eigenvalue weighted by Crippen LogP contribution is 2.38. The Bertz CT molecular complexity index is 578. The molecule has 0 radical (unpaired) electrons. The summed E-state index contributed by atoms with van der Waals surface area (Å²) in [6.07, 6.45) is 4.07. The van der Waals surface area contributed by atoms with Crippen molar-refractivity contribution in [1.29, 1.82) is 0 Å². The van der Waals surface area contributed by atoms with Crippen molar-refractivity contribution in [2.45, 2.75) is 32.2 Å². The molecule has 0 saturated carbocycles. The number of nitrogens with zero attached hydrogens (tertiary/aromatic N) is 1. The highest BCUT2D eigenvalue weighted by molar-refractivity contribution is 5.99. The van der Waals surface area contributed by atoms with Crippen molar-refractivity contribution in [2.75, 3.05) is 0 Å². The molecule has 0 atom stereocenters. The number of hydrogen-bond donors (Lipinski definition) is 0. The molecule has 2 nitrogen and oxygen atoms in total. The zero-order valence-electron chi connectivity index (χ0n) is 9.66. The van der Waals surface area contributed by atoms with Crippen LogP contribution in [0.4, 0.5) is 0 Å². The largest absolute Gasteiger partial charge is 0.346 e. The summed E-state index contributed by atoms with van der Waals surface area (Å²) in [4.78, 5) is 11.0. The number of para-hydroxylation sites is 1. The van der Waals surface area contributed by atoms with E-state index in [0.717, 1.165) is 30.2 Å². The van der Waals surface area contributed by atoms with Gasteiger partial charge in [0.25, 0.3) is 0 Å². The minimum atomic E-state index is 0.216. The number of aldehydes is 1. The van der Waals surface area contributed by atoms with Gasteiger partial charge in [-0.2, -0.15) is 0 Å². The summed E-state index contributed by atoms with van der Waals surface area (Å²) in [6, 6.07) is 6.29. The third-order valence-corrected chi connectivity index (χ3v) is 3.76. The van der Waals surface area contributed by atoms with E-state index in [1.54, 1.807) is 0 Å². The van der Waals surface area contributed by atoms with E-state index in [9.17, 15) is 4.79 Å². The fraction of sp³-hybridized carbons (Fsp3) is 0.357. The van der Waals surface area contributed by atoms with E-state index < -0.39 is 0 Å². The zero-order chi connectivity index (χ0) is 11.3. The molecule has 0 spiro atoms. The summed E-state index contributed by atoms with van der Waals surface area (Å²) in [5.41, 5.74) is 3.65. The van der Waals surface area contributed by atoms with Crippen LogP contribution in [0.25, 0.3) is 10.9 Å². The summed E-state index contributed by atoms with van der Waals surface area (Å²) in [5.74, 6) is 0. The van der Waals surface area contributed by atoms with Crippen molar-refractivity contribution in [3.05, 3.63) is 35.5 Å². The van der Waals surface area contributed by atoms with E-state index in [2.05, 4.69) is 30.5 Å². The molecule has 0 saturated heterocycles. The molecule has 0 bridgehead atoms. The van der Waals surface area contributed by atoms with Gasteiger partial charge in [0.2, 0.25) is 0 Å². The first kappa shape index (κ1) is 9.64. The molecular weight excluding hydrogens is 198 g/mol. The van der Waals surface area contributed by atoms with Gasteiger partial charge in [-0.05, 0) is 17.4 Å². The summed E-state index contributed by atoms with van der Waals surface area (Å²) in [6.45, 7) is 5.56. The number of rotatable bonds is 1. The number of carbonyl (C=O) groups excluding carboxylic acids is 1. The van der Waals surface area contributed by atoms with Gasteiger partial charge in [0.05, 0.1) is 5.52 Å². The van der Waals surface area contributed by atoms with Gasteiger partial charge >= 0.3 is 0 Å². The maximum atomic E-state index is 11.0. The third-order valence-electron chi connectivity index (χ3n) is 3.76. The highest BCUT2D eigenvalue weighted by atomic mass is 16.1. The lowest BCUT2D eigenvalue weighted by atomic mass is 9.79. The summed E-state index contributed by atoms with van der Waals surface area (Å²) < 4.78 is 2.22.